The molecule has 0 bridgehead atoms. The highest BCUT2D eigenvalue weighted by Gasteiger charge is 2.22. The summed E-state index contributed by atoms with van der Waals surface area (Å²) in [4.78, 5) is 13.5. The molecule has 0 spiro atoms. The Labute approximate surface area is 188 Å². The third-order valence-corrected chi connectivity index (χ3v) is 5.93. The highest BCUT2D eigenvalue weighted by atomic mass is 16.7. The van der Waals surface area contributed by atoms with E-state index >= 15 is 0 Å². The van der Waals surface area contributed by atoms with Crippen LogP contribution in [0.3, 0.4) is 0 Å². The molecule has 32 heavy (non-hydrogen) atoms. The number of ether oxygens (including phenoxy) is 2. The second-order valence-corrected chi connectivity index (χ2v) is 8.07. The van der Waals surface area contributed by atoms with Gasteiger partial charge in [0.15, 0.2) is 23.1 Å². The van der Waals surface area contributed by atoms with E-state index in [1.165, 1.54) is 11.1 Å². The summed E-state index contributed by atoms with van der Waals surface area (Å²) in [5.74, 6) is 3.17. The highest BCUT2D eigenvalue weighted by Crippen LogP contribution is 2.33. The average molecular weight is 433 g/mol. The molecule has 3 aromatic rings. The van der Waals surface area contributed by atoms with Crippen molar-refractivity contribution in [2.24, 2.45) is 0 Å². The van der Waals surface area contributed by atoms with Crippen LogP contribution in [0.1, 0.15) is 11.1 Å². The molecule has 3 heterocycles. The predicted molar refractivity (Wildman–Crippen MR) is 125 cm³/mol. The van der Waals surface area contributed by atoms with Crippen molar-refractivity contribution in [3.05, 3.63) is 66.0 Å². The summed E-state index contributed by atoms with van der Waals surface area (Å²) in [6.45, 7) is 5.58. The van der Waals surface area contributed by atoms with Crippen LogP contribution in [0, 0.1) is 0 Å². The Morgan fingerprint density at radius 1 is 0.906 bits per heavy atom. The first-order valence-electron chi connectivity index (χ1n) is 11.0. The van der Waals surface area contributed by atoms with Gasteiger partial charge in [-0.2, -0.15) is 0 Å². The van der Waals surface area contributed by atoms with Gasteiger partial charge in [0.05, 0.1) is 0 Å². The molecular formula is C24H28N6O2. The molecule has 3 N–H and O–H groups in total. The zero-order valence-electron chi connectivity index (χ0n) is 18.0. The summed E-state index contributed by atoms with van der Waals surface area (Å²) in [6, 6.07) is 16.6. The van der Waals surface area contributed by atoms with Crippen molar-refractivity contribution in [2.45, 2.75) is 13.0 Å². The largest absolute Gasteiger partial charge is 0.454 e. The molecule has 0 atom stereocenters. The Morgan fingerprint density at radius 3 is 2.56 bits per heavy atom. The minimum absolute atomic E-state index is 0.306. The van der Waals surface area contributed by atoms with E-state index in [0.717, 1.165) is 63.0 Å². The van der Waals surface area contributed by atoms with E-state index in [9.17, 15) is 0 Å². The molecule has 0 aliphatic carbocycles. The van der Waals surface area contributed by atoms with Gasteiger partial charge in [-0.15, -0.1) is 0 Å². The molecule has 0 saturated carbocycles. The van der Waals surface area contributed by atoms with Crippen molar-refractivity contribution in [2.75, 3.05) is 55.5 Å². The number of nitrogens with two attached hydrogens (primary N) is 1. The van der Waals surface area contributed by atoms with Gasteiger partial charge in [0.25, 0.3) is 0 Å². The lowest BCUT2D eigenvalue weighted by Gasteiger charge is -2.36. The van der Waals surface area contributed by atoms with Gasteiger partial charge in [-0.05, 0) is 29.7 Å². The average Bonchev–Trinajstić information content (AvgIpc) is 3.30. The van der Waals surface area contributed by atoms with Crippen LogP contribution in [-0.4, -0.2) is 54.4 Å². The number of nitrogens with zero attached hydrogens (tertiary/aromatic N) is 4. The number of hydrogen-bond acceptors (Lipinski definition) is 8. The summed E-state index contributed by atoms with van der Waals surface area (Å²) in [5, 5.41) is 3.37. The fourth-order valence-electron chi connectivity index (χ4n) is 4.16. The van der Waals surface area contributed by atoms with Gasteiger partial charge in [0.2, 0.25) is 6.79 Å². The first-order chi connectivity index (χ1) is 15.8. The molecule has 8 nitrogen and oxygen atoms in total. The minimum atomic E-state index is 0.306. The van der Waals surface area contributed by atoms with E-state index < -0.39 is 0 Å². The van der Waals surface area contributed by atoms with Crippen molar-refractivity contribution >= 4 is 17.3 Å². The number of anilines is 3. The molecule has 1 aromatic heterocycles. The van der Waals surface area contributed by atoms with Gasteiger partial charge in [-0.25, -0.2) is 9.97 Å². The lowest BCUT2D eigenvalue weighted by molar-refractivity contribution is 0.174. The molecule has 1 saturated heterocycles. The normalized spacial score (nSPS) is 15.7. The zero-order valence-corrected chi connectivity index (χ0v) is 18.0. The monoisotopic (exact) mass is 432 g/mol. The van der Waals surface area contributed by atoms with Gasteiger partial charge >= 0.3 is 0 Å². The first-order valence-corrected chi connectivity index (χ1v) is 11.0. The minimum Gasteiger partial charge on any atom is -0.454 e. The Morgan fingerprint density at radius 2 is 1.72 bits per heavy atom. The van der Waals surface area contributed by atoms with Gasteiger partial charge in [0, 0.05) is 39.3 Å². The zero-order chi connectivity index (χ0) is 21.8. The summed E-state index contributed by atoms with van der Waals surface area (Å²) >= 11 is 0. The van der Waals surface area contributed by atoms with E-state index in [2.05, 4.69) is 61.5 Å². The molecule has 8 heteroatoms. The molecule has 166 valence electrons. The fraction of sp³-hybridized carbons (Fsp3) is 0.333. The maximum Gasteiger partial charge on any atom is 0.231 e. The second-order valence-electron chi connectivity index (χ2n) is 8.07. The molecule has 5 rings (SSSR count). The molecule has 2 aliphatic rings. The summed E-state index contributed by atoms with van der Waals surface area (Å²) in [7, 11) is 0. The molecule has 2 aliphatic heterocycles. The number of nitrogen functional groups attached to an aromatic ring is 1. The van der Waals surface area contributed by atoms with Crippen LogP contribution in [0.15, 0.2) is 54.9 Å². The number of aromatic nitrogens is 2. The van der Waals surface area contributed by atoms with Crippen LogP contribution in [0.25, 0.3) is 0 Å². The number of fused-ring (bicyclic) bond motifs is 1. The Balaban J connectivity index is 1.16. The number of piperazine rings is 1. The van der Waals surface area contributed by atoms with Crippen molar-refractivity contribution in [3.63, 3.8) is 0 Å². The molecule has 0 radical (unpaired) electrons. The Kier molecular flexibility index (Phi) is 5.93. The third kappa shape index (κ3) is 4.55. The van der Waals surface area contributed by atoms with Gasteiger partial charge in [-0.3, -0.25) is 4.90 Å². The van der Waals surface area contributed by atoms with Crippen LogP contribution in [0.4, 0.5) is 17.3 Å². The molecule has 0 amide bonds. The van der Waals surface area contributed by atoms with Crippen LogP contribution in [0.5, 0.6) is 11.5 Å². The van der Waals surface area contributed by atoms with Crippen LogP contribution in [0.2, 0.25) is 0 Å². The van der Waals surface area contributed by atoms with Crippen molar-refractivity contribution < 1.29 is 9.47 Å². The van der Waals surface area contributed by atoms with Crippen molar-refractivity contribution in [1.82, 2.24) is 14.9 Å². The van der Waals surface area contributed by atoms with E-state index in [-0.39, 0.29) is 0 Å². The van der Waals surface area contributed by atoms with E-state index in [4.69, 9.17) is 15.2 Å². The topological polar surface area (TPSA) is 88.8 Å². The number of nitrogens with one attached hydrogen (secondary N) is 1. The summed E-state index contributed by atoms with van der Waals surface area (Å²) in [5.41, 5.74) is 9.57. The number of hydrogen-bond donors (Lipinski definition) is 2. The molecule has 1 fully saturated rings. The van der Waals surface area contributed by atoms with Crippen molar-refractivity contribution in [1.29, 1.82) is 0 Å². The first kappa shape index (κ1) is 20.4. The lowest BCUT2D eigenvalue weighted by Crippen LogP contribution is -2.46. The summed E-state index contributed by atoms with van der Waals surface area (Å²) < 4.78 is 10.9. The molecular weight excluding hydrogens is 404 g/mol. The highest BCUT2D eigenvalue weighted by molar-refractivity contribution is 5.75. The van der Waals surface area contributed by atoms with Gasteiger partial charge < -0.3 is 25.4 Å². The maximum absolute atomic E-state index is 6.44. The van der Waals surface area contributed by atoms with Gasteiger partial charge in [0.1, 0.15) is 12.0 Å². The van der Waals surface area contributed by atoms with E-state index in [1.54, 1.807) is 6.33 Å². The van der Waals surface area contributed by atoms with Crippen LogP contribution in [-0.2, 0) is 13.0 Å². The quantitative estimate of drug-likeness (QED) is 0.589. The van der Waals surface area contributed by atoms with E-state index in [1.807, 2.05) is 12.1 Å². The SMILES string of the molecule is Nc1c(NCCc2ccccc2)ncnc1N1CCN(Cc2ccc3c(c2)OCO3)CC1. The summed E-state index contributed by atoms with van der Waals surface area (Å²) in [6.07, 6.45) is 2.51. The molecule has 0 unspecified atom stereocenters. The standard InChI is InChI=1S/C24H28N6O2/c25-22-23(26-9-8-18-4-2-1-3-5-18)27-16-28-24(22)30-12-10-29(11-13-30)15-19-6-7-20-21(14-19)32-17-31-20/h1-7,14,16H,8-13,15,17,25H2,(H,26,27,28). The van der Waals surface area contributed by atoms with Crippen molar-refractivity contribution in [3.8, 4) is 11.5 Å². The smallest absolute Gasteiger partial charge is 0.231 e. The van der Waals surface area contributed by atoms with Crippen LogP contribution < -0.4 is 25.4 Å². The van der Waals surface area contributed by atoms with Gasteiger partial charge in [-0.1, -0.05) is 36.4 Å². The Hall–Kier alpha value is -3.52. The predicted octanol–water partition coefficient (Wildman–Crippen LogP) is 2.76. The van der Waals surface area contributed by atoms with Crippen LogP contribution >= 0.6 is 0 Å². The maximum atomic E-state index is 6.44. The third-order valence-electron chi connectivity index (χ3n) is 5.93. The number of rotatable bonds is 7. The number of benzene rings is 2. The van der Waals surface area contributed by atoms with E-state index in [0.29, 0.717) is 18.3 Å². The second kappa shape index (κ2) is 9.32. The Bertz CT molecular complexity index is 1050. The molecule has 2 aromatic carbocycles. The fourth-order valence-corrected chi connectivity index (χ4v) is 4.16. The lowest BCUT2D eigenvalue weighted by atomic mass is 10.1.